The van der Waals surface area contributed by atoms with Crippen LogP contribution in [0.5, 0.6) is 0 Å². The third kappa shape index (κ3) is 4.42. The van der Waals surface area contributed by atoms with Crippen LogP contribution >= 0.6 is 22.9 Å². The lowest BCUT2D eigenvalue weighted by atomic mass is 10.1. The van der Waals surface area contributed by atoms with Crippen LogP contribution in [-0.4, -0.2) is 20.9 Å². The minimum absolute atomic E-state index is 0.0397. The number of carbonyl (C=O) groups is 1. The molecule has 1 amide bonds. The van der Waals surface area contributed by atoms with Crippen molar-refractivity contribution in [3.8, 4) is 10.6 Å². The molecule has 10 heteroatoms. The highest BCUT2D eigenvalue weighted by Crippen LogP contribution is 2.32. The van der Waals surface area contributed by atoms with Gasteiger partial charge in [0.1, 0.15) is 5.01 Å². The second kappa shape index (κ2) is 8.00. The van der Waals surface area contributed by atoms with Gasteiger partial charge in [-0.25, -0.2) is 15.0 Å². The van der Waals surface area contributed by atoms with E-state index in [1.807, 2.05) is 6.07 Å². The summed E-state index contributed by atoms with van der Waals surface area (Å²) >= 11 is 7.34. The summed E-state index contributed by atoms with van der Waals surface area (Å²) in [5, 5.41) is 4.90. The molecule has 5 nitrogen and oxygen atoms in total. The van der Waals surface area contributed by atoms with E-state index in [-0.39, 0.29) is 23.3 Å². The van der Waals surface area contributed by atoms with Gasteiger partial charge in [0, 0.05) is 10.9 Å². The number of amides is 1. The molecule has 2 aromatic heterocycles. The molecule has 30 heavy (non-hydrogen) atoms. The van der Waals surface area contributed by atoms with E-state index in [9.17, 15) is 18.0 Å². The van der Waals surface area contributed by atoms with Crippen molar-refractivity contribution in [1.82, 2.24) is 15.0 Å². The lowest BCUT2D eigenvalue weighted by Gasteiger charge is -2.07. The van der Waals surface area contributed by atoms with Crippen LogP contribution in [0.25, 0.3) is 21.6 Å². The fourth-order valence-corrected chi connectivity index (χ4v) is 3.73. The Kier molecular flexibility index (Phi) is 5.40. The Bertz CT molecular complexity index is 1220. The monoisotopic (exact) mass is 448 g/mol. The van der Waals surface area contributed by atoms with E-state index in [1.165, 1.54) is 23.5 Å². The second-order valence-corrected chi connectivity index (χ2v) is 7.51. The molecule has 0 aliphatic carbocycles. The zero-order valence-electron chi connectivity index (χ0n) is 15.1. The van der Waals surface area contributed by atoms with E-state index in [0.29, 0.717) is 27.3 Å². The summed E-state index contributed by atoms with van der Waals surface area (Å²) in [6, 6.07) is 11.8. The predicted molar refractivity (Wildman–Crippen MR) is 109 cm³/mol. The van der Waals surface area contributed by atoms with Crippen LogP contribution < -0.4 is 5.32 Å². The molecule has 0 fully saturated rings. The quantitative estimate of drug-likeness (QED) is 0.441. The average molecular weight is 449 g/mol. The van der Waals surface area contributed by atoms with Gasteiger partial charge in [-0.2, -0.15) is 13.2 Å². The Balaban J connectivity index is 1.46. The number of aromatic nitrogens is 3. The van der Waals surface area contributed by atoms with Crippen molar-refractivity contribution in [3.05, 3.63) is 70.3 Å². The lowest BCUT2D eigenvalue weighted by Crippen LogP contribution is -2.16. The van der Waals surface area contributed by atoms with Crippen molar-refractivity contribution in [2.75, 3.05) is 5.32 Å². The van der Waals surface area contributed by atoms with Crippen LogP contribution in [0.1, 0.15) is 11.3 Å². The van der Waals surface area contributed by atoms with Crippen LogP contribution in [0.2, 0.25) is 5.15 Å². The number of thiazole rings is 1. The molecule has 2 aromatic carbocycles. The minimum Gasteiger partial charge on any atom is -0.308 e. The maximum absolute atomic E-state index is 12.7. The van der Waals surface area contributed by atoms with E-state index < -0.39 is 11.7 Å². The molecule has 0 atom stereocenters. The Labute approximate surface area is 177 Å². The normalized spacial score (nSPS) is 11.6. The molecule has 0 aliphatic heterocycles. The topological polar surface area (TPSA) is 67.8 Å². The number of alkyl halides is 3. The molecule has 0 saturated carbocycles. The van der Waals surface area contributed by atoms with E-state index >= 15 is 0 Å². The Hall–Kier alpha value is -3.04. The second-order valence-electron chi connectivity index (χ2n) is 6.30. The molecule has 152 valence electrons. The number of hydrogen-bond acceptors (Lipinski definition) is 5. The van der Waals surface area contributed by atoms with Crippen molar-refractivity contribution in [1.29, 1.82) is 0 Å². The van der Waals surface area contributed by atoms with Gasteiger partial charge in [0.15, 0.2) is 11.0 Å². The van der Waals surface area contributed by atoms with Gasteiger partial charge in [-0.05, 0) is 24.3 Å². The number of hydrogen-bond donors (Lipinski definition) is 1. The van der Waals surface area contributed by atoms with Gasteiger partial charge in [-0.15, -0.1) is 11.3 Å². The number of halogens is 4. The summed E-state index contributed by atoms with van der Waals surface area (Å²) in [5.74, 6) is -0.232. The number of nitrogens with zero attached hydrogens (tertiary/aromatic N) is 3. The molecule has 0 bridgehead atoms. The Morgan fingerprint density at radius 3 is 2.33 bits per heavy atom. The van der Waals surface area contributed by atoms with Gasteiger partial charge in [-0.1, -0.05) is 35.9 Å². The maximum Gasteiger partial charge on any atom is 0.416 e. The van der Waals surface area contributed by atoms with E-state index in [2.05, 4.69) is 20.3 Å². The molecule has 4 aromatic rings. The molecule has 1 N–H and O–H groups in total. The number of anilines is 1. The van der Waals surface area contributed by atoms with Crippen LogP contribution in [0.3, 0.4) is 0 Å². The number of benzene rings is 2. The molecule has 4 rings (SSSR count). The first-order valence-corrected chi connectivity index (χ1v) is 9.89. The van der Waals surface area contributed by atoms with Gasteiger partial charge in [0.25, 0.3) is 0 Å². The van der Waals surface area contributed by atoms with Crippen molar-refractivity contribution in [2.24, 2.45) is 0 Å². The highest BCUT2D eigenvalue weighted by atomic mass is 35.5. The zero-order valence-corrected chi connectivity index (χ0v) is 16.6. The summed E-state index contributed by atoms with van der Waals surface area (Å²) in [5.41, 5.74) is 1.51. The molecule has 0 spiro atoms. The van der Waals surface area contributed by atoms with Crippen LogP contribution in [-0.2, 0) is 17.4 Å². The van der Waals surface area contributed by atoms with Gasteiger partial charge in [-0.3, -0.25) is 4.79 Å². The predicted octanol–water partition coefficient (Wildman–Crippen LogP) is 5.61. The van der Waals surface area contributed by atoms with Gasteiger partial charge in [0.2, 0.25) is 5.91 Å². The fraction of sp³-hybridized carbons (Fsp3) is 0.100. The fourth-order valence-electron chi connectivity index (χ4n) is 2.72. The maximum atomic E-state index is 12.7. The minimum atomic E-state index is -4.39. The van der Waals surface area contributed by atoms with Crippen LogP contribution in [0, 0.1) is 0 Å². The molecular weight excluding hydrogens is 437 g/mol. The van der Waals surface area contributed by atoms with Crippen molar-refractivity contribution in [3.63, 3.8) is 0 Å². The SMILES string of the molecule is O=C(Cc1csc(-c2ccc(C(F)(F)F)cc2)n1)Nc1nc2ccccc2nc1Cl. The summed E-state index contributed by atoms with van der Waals surface area (Å²) in [6.45, 7) is 0. The standard InChI is InChI=1S/C20H12ClF3N4OS/c21-17-18(27-15-4-2-1-3-14(15)26-17)28-16(29)9-13-10-30-19(25-13)11-5-7-12(8-6-11)20(22,23)24/h1-8,10H,9H2,(H,27,28,29). The zero-order chi connectivity index (χ0) is 21.3. The number of carbonyl (C=O) groups excluding carboxylic acids is 1. The van der Waals surface area contributed by atoms with Crippen LogP contribution in [0.15, 0.2) is 53.9 Å². The summed E-state index contributed by atoms with van der Waals surface area (Å²) in [6.07, 6.45) is -4.43. The highest BCUT2D eigenvalue weighted by molar-refractivity contribution is 7.13. The largest absolute Gasteiger partial charge is 0.416 e. The summed E-state index contributed by atoms with van der Waals surface area (Å²) < 4.78 is 38.1. The number of nitrogens with one attached hydrogen (secondary N) is 1. The molecule has 2 heterocycles. The van der Waals surface area contributed by atoms with Gasteiger partial charge >= 0.3 is 6.18 Å². The Morgan fingerprint density at radius 2 is 1.67 bits per heavy atom. The first-order chi connectivity index (χ1) is 14.3. The third-order valence-electron chi connectivity index (χ3n) is 4.14. The van der Waals surface area contributed by atoms with E-state index in [4.69, 9.17) is 11.6 Å². The Morgan fingerprint density at radius 1 is 1.00 bits per heavy atom. The smallest absolute Gasteiger partial charge is 0.308 e. The molecular formula is C20H12ClF3N4OS. The third-order valence-corrected chi connectivity index (χ3v) is 5.34. The lowest BCUT2D eigenvalue weighted by molar-refractivity contribution is -0.137. The van der Waals surface area contributed by atoms with Crippen molar-refractivity contribution >= 4 is 45.7 Å². The number of para-hydroxylation sites is 2. The van der Waals surface area contributed by atoms with E-state index in [1.54, 1.807) is 23.6 Å². The highest BCUT2D eigenvalue weighted by Gasteiger charge is 2.30. The number of rotatable bonds is 4. The number of fused-ring (bicyclic) bond motifs is 1. The van der Waals surface area contributed by atoms with Crippen LogP contribution in [0.4, 0.5) is 19.0 Å². The van der Waals surface area contributed by atoms with Crippen molar-refractivity contribution < 1.29 is 18.0 Å². The summed E-state index contributed by atoms with van der Waals surface area (Å²) in [4.78, 5) is 25.2. The molecule has 0 aliphatic rings. The first kappa shape index (κ1) is 20.2. The van der Waals surface area contributed by atoms with Crippen molar-refractivity contribution in [2.45, 2.75) is 12.6 Å². The van der Waals surface area contributed by atoms with Gasteiger partial charge in [0.05, 0.1) is 28.7 Å². The molecule has 0 unspecified atom stereocenters. The average Bonchev–Trinajstić information content (AvgIpc) is 3.16. The summed E-state index contributed by atoms with van der Waals surface area (Å²) in [7, 11) is 0. The van der Waals surface area contributed by atoms with E-state index in [0.717, 1.165) is 12.1 Å². The molecule has 0 radical (unpaired) electrons. The molecule has 0 saturated heterocycles. The first-order valence-electron chi connectivity index (χ1n) is 8.64. The van der Waals surface area contributed by atoms with Gasteiger partial charge < -0.3 is 5.32 Å².